The number of nitrogens with one attached hydrogen (secondary N) is 2. The first-order valence-electron chi connectivity index (χ1n) is 10.3. The molecule has 3 aromatic rings. The molecule has 10 nitrogen and oxygen atoms in total. The first-order chi connectivity index (χ1) is 15.3. The Morgan fingerprint density at radius 3 is 2.84 bits per heavy atom. The molecule has 0 radical (unpaired) electrons. The number of fused-ring (bicyclic) bond motifs is 2. The van der Waals surface area contributed by atoms with Crippen molar-refractivity contribution >= 4 is 34.4 Å². The lowest BCUT2D eigenvalue weighted by molar-refractivity contribution is -0.124. The second-order valence-corrected chi connectivity index (χ2v) is 7.85. The van der Waals surface area contributed by atoms with Crippen LogP contribution in [0.15, 0.2) is 47.6 Å². The molecule has 6 N–H and O–H groups in total. The fourth-order valence-corrected chi connectivity index (χ4v) is 3.86. The van der Waals surface area contributed by atoms with Gasteiger partial charge in [-0.25, -0.2) is 15.9 Å². The molecule has 0 unspecified atom stereocenters. The van der Waals surface area contributed by atoms with Crippen LogP contribution in [0.1, 0.15) is 23.4 Å². The summed E-state index contributed by atoms with van der Waals surface area (Å²) in [7, 11) is 1.69. The van der Waals surface area contributed by atoms with Crippen molar-refractivity contribution in [1.29, 1.82) is 0 Å². The van der Waals surface area contributed by atoms with Crippen LogP contribution in [-0.2, 0) is 22.6 Å². The summed E-state index contributed by atoms with van der Waals surface area (Å²) >= 11 is 0. The van der Waals surface area contributed by atoms with E-state index in [-0.39, 0.29) is 18.3 Å². The number of aromatic nitrogens is 2. The minimum Gasteiger partial charge on any atom is -0.378 e. The lowest BCUT2D eigenvalue weighted by atomic mass is 10.0. The highest BCUT2D eigenvalue weighted by Crippen LogP contribution is 2.30. The van der Waals surface area contributed by atoms with Gasteiger partial charge in [0.1, 0.15) is 11.9 Å². The van der Waals surface area contributed by atoms with Gasteiger partial charge in [0, 0.05) is 12.7 Å². The minimum absolute atomic E-state index is 0.231. The molecule has 1 aromatic heterocycles. The van der Waals surface area contributed by atoms with Crippen molar-refractivity contribution in [3.63, 3.8) is 0 Å². The first-order valence-corrected chi connectivity index (χ1v) is 10.3. The van der Waals surface area contributed by atoms with Crippen molar-refractivity contribution in [1.82, 2.24) is 20.4 Å². The van der Waals surface area contributed by atoms with Crippen molar-refractivity contribution in [3.05, 3.63) is 59.4 Å². The maximum atomic E-state index is 13.0. The van der Waals surface area contributed by atoms with Crippen LogP contribution >= 0.6 is 0 Å². The summed E-state index contributed by atoms with van der Waals surface area (Å²) in [4.78, 5) is 34.8. The van der Waals surface area contributed by atoms with Gasteiger partial charge in [-0.2, -0.15) is 0 Å². The molecule has 10 heteroatoms. The summed E-state index contributed by atoms with van der Waals surface area (Å²) in [6.07, 6.45) is 1.04. The zero-order valence-electron chi connectivity index (χ0n) is 18.0. The predicted molar refractivity (Wildman–Crippen MR) is 122 cm³/mol. The molecule has 1 aliphatic rings. The number of amides is 2. The molecule has 0 spiro atoms. The van der Waals surface area contributed by atoms with E-state index in [4.69, 9.17) is 11.6 Å². The third-order valence-corrected chi connectivity index (χ3v) is 5.45. The van der Waals surface area contributed by atoms with Gasteiger partial charge in [-0.3, -0.25) is 9.59 Å². The number of hydrazone groups is 1. The molecule has 0 bridgehead atoms. The summed E-state index contributed by atoms with van der Waals surface area (Å²) in [6.45, 7) is 2.18. The van der Waals surface area contributed by atoms with Crippen LogP contribution in [0.4, 0.5) is 5.69 Å². The van der Waals surface area contributed by atoms with E-state index in [0.717, 1.165) is 38.8 Å². The van der Waals surface area contributed by atoms with Crippen molar-refractivity contribution in [2.45, 2.75) is 32.4 Å². The van der Waals surface area contributed by atoms with Crippen molar-refractivity contribution < 1.29 is 9.59 Å². The van der Waals surface area contributed by atoms with Gasteiger partial charge in [-0.05, 0) is 43.0 Å². The van der Waals surface area contributed by atoms with Crippen LogP contribution in [0.3, 0.4) is 0 Å². The highest BCUT2D eigenvalue weighted by molar-refractivity contribution is 6.37. The molecule has 4 rings (SSSR count). The van der Waals surface area contributed by atoms with Gasteiger partial charge in [0.05, 0.1) is 17.6 Å². The lowest BCUT2D eigenvalue weighted by Crippen LogP contribution is -2.50. The minimum atomic E-state index is -0.734. The number of nitrogens with two attached hydrogens (primary N) is 2. The number of amidine groups is 1. The number of imidazole rings is 1. The van der Waals surface area contributed by atoms with Gasteiger partial charge in [0.15, 0.2) is 0 Å². The molecule has 2 aromatic carbocycles. The molecular formula is C22H26N8O2. The second-order valence-electron chi connectivity index (χ2n) is 7.85. The Labute approximate surface area is 185 Å². The number of rotatable bonds is 4. The fraction of sp³-hybridized carbons (Fsp3) is 0.273. The average molecular weight is 435 g/mol. The number of aryl methyl sites for hydroxylation is 2. The quantitative estimate of drug-likeness (QED) is 0.208. The van der Waals surface area contributed by atoms with Gasteiger partial charge >= 0.3 is 0 Å². The molecule has 166 valence electrons. The molecule has 1 aliphatic heterocycles. The van der Waals surface area contributed by atoms with E-state index in [1.54, 1.807) is 11.9 Å². The van der Waals surface area contributed by atoms with Gasteiger partial charge in [0.2, 0.25) is 11.7 Å². The Morgan fingerprint density at radius 2 is 2.09 bits per heavy atom. The summed E-state index contributed by atoms with van der Waals surface area (Å²) in [6, 6.07) is 12.6. The van der Waals surface area contributed by atoms with Crippen molar-refractivity contribution in [3.8, 4) is 0 Å². The van der Waals surface area contributed by atoms with Gasteiger partial charge in [-0.1, -0.05) is 30.3 Å². The highest BCUT2D eigenvalue weighted by atomic mass is 16.2. The number of benzene rings is 2. The molecule has 0 saturated carbocycles. The van der Waals surface area contributed by atoms with Gasteiger partial charge in [-0.15, -0.1) is 5.10 Å². The molecule has 2 amide bonds. The zero-order valence-corrected chi connectivity index (χ0v) is 18.0. The number of H-pyrrole nitrogens is 1. The van der Waals surface area contributed by atoms with Crippen molar-refractivity contribution in [2.24, 2.45) is 16.7 Å². The number of nitrogens with zero attached hydrogens (tertiary/aromatic N) is 4. The van der Waals surface area contributed by atoms with E-state index in [9.17, 15) is 9.59 Å². The van der Waals surface area contributed by atoms with Crippen LogP contribution in [0.5, 0.6) is 0 Å². The Bertz CT molecular complexity index is 1190. The molecule has 2 heterocycles. The fourth-order valence-electron chi connectivity index (χ4n) is 3.86. The summed E-state index contributed by atoms with van der Waals surface area (Å²) in [5.41, 5.74) is 10.3. The number of anilines is 1. The number of hydrogen-bond acceptors (Lipinski definition) is 6. The van der Waals surface area contributed by atoms with Crippen LogP contribution in [0.2, 0.25) is 0 Å². The number of likely N-dealkylation sites (N-methyl/N-ethyl adjacent to an activating group) is 1. The third-order valence-electron chi connectivity index (χ3n) is 5.45. The van der Waals surface area contributed by atoms with E-state index in [1.165, 1.54) is 0 Å². The summed E-state index contributed by atoms with van der Waals surface area (Å²) in [5.74, 6) is 5.49. The number of aromatic amines is 1. The molecule has 0 saturated heterocycles. The standard InChI is InChI=1S/C22H26N8O2/c1-13-25-17-10-15-8-9-16(22(32)29(2)19(15)11-18(17)26-13)27-21(31)20(23)28-30(24)12-14-6-4-3-5-7-14/h3-7,10-11,16H,8-9,12,24H2,1-2H3,(H2,23,28)(H,25,26)(H,27,31)/t16-/m0/s1. The third kappa shape index (κ3) is 4.40. The van der Waals surface area contributed by atoms with Crippen LogP contribution in [0, 0.1) is 6.92 Å². The molecular weight excluding hydrogens is 408 g/mol. The highest BCUT2D eigenvalue weighted by Gasteiger charge is 2.30. The monoisotopic (exact) mass is 434 g/mol. The number of hydrogen-bond donors (Lipinski definition) is 4. The summed E-state index contributed by atoms with van der Waals surface area (Å²) in [5, 5.41) is 7.73. The second kappa shape index (κ2) is 8.67. The number of carbonyl (C=O) groups is 2. The van der Waals surface area contributed by atoms with Crippen molar-refractivity contribution in [2.75, 3.05) is 11.9 Å². The van der Waals surface area contributed by atoms with E-state index < -0.39 is 11.9 Å². The molecule has 1 atom stereocenters. The normalized spacial score (nSPS) is 16.6. The maximum absolute atomic E-state index is 13.0. The first kappa shape index (κ1) is 21.3. The Kier molecular flexibility index (Phi) is 5.78. The Balaban J connectivity index is 1.45. The van der Waals surface area contributed by atoms with Gasteiger partial charge < -0.3 is 20.9 Å². The largest absolute Gasteiger partial charge is 0.378 e. The Hall–Kier alpha value is -3.92. The molecule has 0 aliphatic carbocycles. The van der Waals surface area contributed by atoms with Crippen LogP contribution < -0.4 is 21.8 Å². The van der Waals surface area contributed by atoms with Crippen LogP contribution in [-0.4, -0.2) is 45.8 Å². The Morgan fingerprint density at radius 1 is 1.34 bits per heavy atom. The van der Waals surface area contributed by atoms with E-state index in [2.05, 4.69) is 20.4 Å². The smallest absolute Gasteiger partial charge is 0.289 e. The zero-order chi connectivity index (χ0) is 22.8. The van der Waals surface area contributed by atoms with Crippen LogP contribution in [0.25, 0.3) is 11.0 Å². The number of carbonyl (C=O) groups excluding carboxylic acids is 2. The lowest BCUT2D eigenvalue weighted by Gasteiger charge is -2.22. The van der Waals surface area contributed by atoms with Gasteiger partial charge in [0.25, 0.3) is 5.91 Å². The molecule has 32 heavy (non-hydrogen) atoms. The molecule has 0 fully saturated rings. The average Bonchev–Trinajstić information content (AvgIpc) is 3.09. The predicted octanol–water partition coefficient (Wildman–Crippen LogP) is 0.913. The topological polar surface area (TPSA) is 146 Å². The number of hydrazine groups is 1. The van der Waals surface area contributed by atoms with E-state index in [0.29, 0.717) is 12.8 Å². The SMILES string of the molecule is Cc1nc2cc3c(cc2[nH]1)CC[C@H](NC(=O)/C(N)=N/N(N)Cc1ccccc1)C(=O)N3C. The van der Waals surface area contributed by atoms with E-state index in [1.807, 2.05) is 49.4 Å². The summed E-state index contributed by atoms with van der Waals surface area (Å²) < 4.78 is 0. The maximum Gasteiger partial charge on any atom is 0.289 e. The van der Waals surface area contributed by atoms with E-state index >= 15 is 0 Å².